The number of amides is 1. The number of nitrogens with zero attached hydrogens (tertiary/aromatic N) is 1. The number of hydrogen-bond donors (Lipinski definition) is 2. The van der Waals surface area contributed by atoms with E-state index in [1.54, 1.807) is 6.20 Å². The van der Waals surface area contributed by atoms with Crippen molar-refractivity contribution in [1.29, 1.82) is 0 Å². The molecule has 1 amide bonds. The number of para-hydroxylation sites is 1. The van der Waals surface area contributed by atoms with Crippen molar-refractivity contribution in [2.75, 3.05) is 10.6 Å². The van der Waals surface area contributed by atoms with Crippen molar-refractivity contribution in [2.45, 2.75) is 26.3 Å². The smallest absolute Gasteiger partial charge is 0.267 e. The van der Waals surface area contributed by atoms with Crippen LogP contribution in [-0.2, 0) is 0 Å². The number of benzene rings is 1. The molecule has 4 nitrogen and oxygen atoms in total. The van der Waals surface area contributed by atoms with Gasteiger partial charge in [0.05, 0.1) is 6.20 Å². The van der Waals surface area contributed by atoms with Crippen LogP contribution in [0.5, 0.6) is 0 Å². The van der Waals surface area contributed by atoms with E-state index in [1.165, 1.54) is 11.3 Å². The van der Waals surface area contributed by atoms with Gasteiger partial charge in [-0.1, -0.05) is 29.5 Å². The average molecular weight is 275 g/mol. The summed E-state index contributed by atoms with van der Waals surface area (Å²) in [7, 11) is 0. The molecule has 0 radical (unpaired) electrons. The third kappa shape index (κ3) is 4.06. The Morgan fingerprint density at radius 1 is 1.21 bits per heavy atom. The van der Waals surface area contributed by atoms with Crippen LogP contribution >= 0.6 is 11.3 Å². The Morgan fingerprint density at radius 2 is 1.89 bits per heavy atom. The molecule has 100 valence electrons. The molecule has 0 unspecified atom stereocenters. The first-order chi connectivity index (χ1) is 8.94. The molecule has 2 aromatic rings. The van der Waals surface area contributed by atoms with Crippen LogP contribution in [-0.4, -0.2) is 16.4 Å². The number of thiazole rings is 1. The molecular weight excluding hydrogens is 258 g/mol. The molecule has 0 aliphatic heterocycles. The first-order valence-electron chi connectivity index (χ1n) is 6.04. The lowest BCUT2D eigenvalue weighted by Crippen LogP contribution is -2.25. The highest BCUT2D eigenvalue weighted by molar-refractivity contribution is 7.17. The number of hydrogen-bond acceptors (Lipinski definition) is 4. The van der Waals surface area contributed by atoms with Crippen molar-refractivity contribution < 1.29 is 4.79 Å². The zero-order valence-corrected chi connectivity index (χ0v) is 12.0. The fourth-order valence-corrected chi connectivity index (χ4v) is 2.39. The minimum absolute atomic E-state index is 0.0645. The SMILES string of the molecule is CC(C)(C)Nc1ncc(C(=O)Nc2ccccc2)s1. The summed E-state index contributed by atoms with van der Waals surface area (Å²) in [6.07, 6.45) is 1.59. The van der Waals surface area contributed by atoms with Crippen molar-refractivity contribution >= 4 is 28.1 Å². The second-order valence-electron chi connectivity index (χ2n) is 5.22. The molecule has 0 fully saturated rings. The summed E-state index contributed by atoms with van der Waals surface area (Å²) >= 11 is 1.35. The largest absolute Gasteiger partial charge is 0.357 e. The summed E-state index contributed by atoms with van der Waals surface area (Å²) in [5, 5.41) is 6.84. The monoisotopic (exact) mass is 275 g/mol. The van der Waals surface area contributed by atoms with Gasteiger partial charge in [0.25, 0.3) is 5.91 Å². The lowest BCUT2D eigenvalue weighted by molar-refractivity contribution is 0.103. The number of carbonyl (C=O) groups is 1. The van der Waals surface area contributed by atoms with Gasteiger partial charge in [0.1, 0.15) is 4.88 Å². The zero-order chi connectivity index (χ0) is 13.9. The second kappa shape index (κ2) is 5.40. The number of rotatable bonds is 3. The van der Waals surface area contributed by atoms with Gasteiger partial charge in [0.2, 0.25) is 0 Å². The molecule has 0 atom stereocenters. The van der Waals surface area contributed by atoms with E-state index >= 15 is 0 Å². The van der Waals surface area contributed by atoms with Crippen LogP contribution in [0.15, 0.2) is 36.5 Å². The van der Waals surface area contributed by atoms with Crippen LogP contribution in [0.4, 0.5) is 10.8 Å². The molecule has 0 bridgehead atoms. The lowest BCUT2D eigenvalue weighted by atomic mass is 10.1. The Balaban J connectivity index is 2.04. The summed E-state index contributed by atoms with van der Waals surface area (Å²) in [6, 6.07) is 9.39. The quantitative estimate of drug-likeness (QED) is 0.899. The third-order valence-corrected chi connectivity index (χ3v) is 3.15. The topological polar surface area (TPSA) is 54.0 Å². The van der Waals surface area contributed by atoms with Gasteiger partial charge in [-0.2, -0.15) is 0 Å². The second-order valence-corrected chi connectivity index (χ2v) is 6.26. The lowest BCUT2D eigenvalue weighted by Gasteiger charge is -2.19. The zero-order valence-electron chi connectivity index (χ0n) is 11.2. The van der Waals surface area contributed by atoms with E-state index in [1.807, 2.05) is 30.3 Å². The van der Waals surface area contributed by atoms with Crippen molar-refractivity contribution in [3.05, 3.63) is 41.4 Å². The number of aromatic nitrogens is 1. The number of anilines is 2. The fraction of sp³-hybridized carbons (Fsp3) is 0.286. The molecule has 0 aliphatic carbocycles. The standard InChI is InChI=1S/C14H17N3OS/c1-14(2,3)17-13-15-9-11(19-13)12(18)16-10-7-5-4-6-8-10/h4-9H,1-3H3,(H,15,17)(H,16,18). The maximum absolute atomic E-state index is 12.0. The molecule has 0 saturated carbocycles. The molecule has 2 rings (SSSR count). The summed E-state index contributed by atoms with van der Waals surface area (Å²) < 4.78 is 0. The summed E-state index contributed by atoms with van der Waals surface area (Å²) in [6.45, 7) is 6.16. The van der Waals surface area contributed by atoms with Crippen LogP contribution in [0.1, 0.15) is 30.4 Å². The van der Waals surface area contributed by atoms with Crippen molar-refractivity contribution in [2.24, 2.45) is 0 Å². The van der Waals surface area contributed by atoms with E-state index in [4.69, 9.17) is 0 Å². The van der Waals surface area contributed by atoms with Gasteiger partial charge in [-0.05, 0) is 32.9 Å². The van der Waals surface area contributed by atoms with Gasteiger partial charge < -0.3 is 10.6 Å². The van der Waals surface area contributed by atoms with E-state index in [0.29, 0.717) is 4.88 Å². The number of carbonyl (C=O) groups excluding carboxylic acids is 1. The first kappa shape index (κ1) is 13.5. The van der Waals surface area contributed by atoms with Crippen LogP contribution < -0.4 is 10.6 Å². The Hall–Kier alpha value is -1.88. The van der Waals surface area contributed by atoms with Gasteiger partial charge in [0.15, 0.2) is 5.13 Å². The van der Waals surface area contributed by atoms with Gasteiger partial charge in [-0.25, -0.2) is 4.98 Å². The van der Waals surface area contributed by atoms with Crippen molar-refractivity contribution in [1.82, 2.24) is 4.98 Å². The van der Waals surface area contributed by atoms with Crippen LogP contribution in [0.2, 0.25) is 0 Å². The van der Waals surface area contributed by atoms with Crippen LogP contribution in [0.3, 0.4) is 0 Å². The predicted molar refractivity (Wildman–Crippen MR) is 79.9 cm³/mol. The highest BCUT2D eigenvalue weighted by Gasteiger charge is 2.15. The summed E-state index contributed by atoms with van der Waals surface area (Å²) in [5.41, 5.74) is 0.719. The molecule has 2 N–H and O–H groups in total. The maximum atomic E-state index is 12.0. The van der Waals surface area contributed by atoms with Crippen LogP contribution in [0, 0.1) is 0 Å². The Morgan fingerprint density at radius 3 is 2.53 bits per heavy atom. The predicted octanol–water partition coefficient (Wildman–Crippen LogP) is 3.61. The molecule has 1 aromatic carbocycles. The van der Waals surface area contributed by atoms with Crippen LogP contribution in [0.25, 0.3) is 0 Å². The average Bonchev–Trinajstić information content (AvgIpc) is 2.76. The number of nitrogens with one attached hydrogen (secondary N) is 2. The van der Waals surface area contributed by atoms with E-state index in [-0.39, 0.29) is 11.4 Å². The highest BCUT2D eigenvalue weighted by atomic mass is 32.1. The minimum Gasteiger partial charge on any atom is -0.357 e. The third-order valence-electron chi connectivity index (χ3n) is 2.24. The Bertz CT molecular complexity index is 558. The maximum Gasteiger partial charge on any atom is 0.267 e. The highest BCUT2D eigenvalue weighted by Crippen LogP contribution is 2.22. The molecule has 5 heteroatoms. The minimum atomic E-state index is -0.134. The van der Waals surface area contributed by atoms with Gasteiger partial charge in [-0.3, -0.25) is 4.79 Å². The van der Waals surface area contributed by atoms with E-state index in [2.05, 4.69) is 36.4 Å². The molecule has 0 aliphatic rings. The van der Waals surface area contributed by atoms with E-state index in [9.17, 15) is 4.79 Å². The molecule has 19 heavy (non-hydrogen) atoms. The molecule has 1 aromatic heterocycles. The normalized spacial score (nSPS) is 11.1. The van der Waals surface area contributed by atoms with Crippen molar-refractivity contribution in [3.8, 4) is 0 Å². The summed E-state index contributed by atoms with van der Waals surface area (Å²) in [4.78, 5) is 16.8. The molecule has 0 spiro atoms. The van der Waals surface area contributed by atoms with Gasteiger partial charge in [0, 0.05) is 11.2 Å². The fourth-order valence-electron chi connectivity index (χ4n) is 1.47. The Kier molecular flexibility index (Phi) is 3.85. The van der Waals surface area contributed by atoms with E-state index in [0.717, 1.165) is 10.8 Å². The van der Waals surface area contributed by atoms with E-state index < -0.39 is 0 Å². The van der Waals surface area contributed by atoms with Crippen molar-refractivity contribution in [3.63, 3.8) is 0 Å². The summed E-state index contributed by atoms with van der Waals surface area (Å²) in [5.74, 6) is -0.134. The van der Waals surface area contributed by atoms with Gasteiger partial charge in [-0.15, -0.1) is 0 Å². The Labute approximate surface area is 116 Å². The molecule has 0 saturated heterocycles. The van der Waals surface area contributed by atoms with Gasteiger partial charge >= 0.3 is 0 Å². The molecule has 1 heterocycles. The molecular formula is C14H17N3OS. The first-order valence-corrected chi connectivity index (χ1v) is 6.86.